The van der Waals surface area contributed by atoms with Crippen molar-refractivity contribution in [1.29, 1.82) is 5.26 Å². The van der Waals surface area contributed by atoms with Crippen LogP contribution in [0.5, 0.6) is 5.75 Å². The van der Waals surface area contributed by atoms with Crippen molar-refractivity contribution in [3.05, 3.63) is 53.1 Å². The topological polar surface area (TPSA) is 131 Å². The molecular formula is C27H37N3O5S. The summed E-state index contributed by atoms with van der Waals surface area (Å²) in [7, 11) is -4.22. The summed E-state index contributed by atoms with van der Waals surface area (Å²) >= 11 is 0. The van der Waals surface area contributed by atoms with Gasteiger partial charge in [0.25, 0.3) is 15.9 Å². The van der Waals surface area contributed by atoms with Crippen molar-refractivity contribution in [3.63, 3.8) is 0 Å². The lowest BCUT2D eigenvalue weighted by Gasteiger charge is -2.18. The van der Waals surface area contributed by atoms with Gasteiger partial charge in [0.05, 0.1) is 16.8 Å². The number of phenolic OH excluding ortho intramolecular Hbond substituents is 1. The Morgan fingerprint density at radius 1 is 1.00 bits per heavy atom. The molecule has 0 fully saturated rings. The number of hydrogen-bond acceptors (Lipinski definition) is 6. The molecule has 196 valence electrons. The second-order valence-corrected chi connectivity index (χ2v) is 10.7. The van der Waals surface area contributed by atoms with E-state index < -0.39 is 15.9 Å². The molecule has 9 heteroatoms. The van der Waals surface area contributed by atoms with Crippen LogP contribution in [0.2, 0.25) is 0 Å². The highest BCUT2D eigenvalue weighted by atomic mass is 32.2. The lowest BCUT2D eigenvalue weighted by Crippen LogP contribution is -2.30. The van der Waals surface area contributed by atoms with Gasteiger partial charge in [0, 0.05) is 6.54 Å². The van der Waals surface area contributed by atoms with E-state index in [1.165, 1.54) is 74.9 Å². The van der Waals surface area contributed by atoms with Gasteiger partial charge in [-0.25, -0.2) is 13.5 Å². The van der Waals surface area contributed by atoms with Crippen LogP contribution < -0.4 is 4.72 Å². The Morgan fingerprint density at radius 3 is 2.19 bits per heavy atom. The molecule has 0 saturated carbocycles. The van der Waals surface area contributed by atoms with Crippen LogP contribution in [0.3, 0.4) is 0 Å². The highest BCUT2D eigenvalue weighted by Crippen LogP contribution is 2.28. The highest BCUT2D eigenvalue weighted by molar-refractivity contribution is 7.92. The molecule has 1 amide bonds. The first-order valence-electron chi connectivity index (χ1n) is 12.6. The second-order valence-electron chi connectivity index (χ2n) is 9.01. The standard InChI is InChI=1S/C27H37N3O5S/c1-3-4-5-6-7-8-9-10-11-14-17-30(33)27(32)24-15-12-13-16-25(24)36(34,35)29-23-18-21(2)26(31)22(19-23)20-28/h12-13,15-16,18-19,29,31,33H,3-11,14,17H2,1-2H3. The molecule has 0 bridgehead atoms. The van der Waals surface area contributed by atoms with E-state index in [-0.39, 0.29) is 34.0 Å². The number of nitrogens with zero attached hydrogens (tertiary/aromatic N) is 2. The Morgan fingerprint density at radius 2 is 1.58 bits per heavy atom. The van der Waals surface area contributed by atoms with Gasteiger partial charge in [-0.05, 0) is 43.2 Å². The van der Waals surface area contributed by atoms with Crippen molar-refractivity contribution in [2.75, 3.05) is 11.3 Å². The number of carbonyl (C=O) groups excluding carboxylic acids is 1. The van der Waals surface area contributed by atoms with Crippen molar-refractivity contribution >= 4 is 21.6 Å². The van der Waals surface area contributed by atoms with Gasteiger partial charge in [-0.15, -0.1) is 0 Å². The van der Waals surface area contributed by atoms with Gasteiger partial charge >= 0.3 is 0 Å². The van der Waals surface area contributed by atoms with Gasteiger partial charge in [0.2, 0.25) is 0 Å². The monoisotopic (exact) mass is 515 g/mol. The number of hydroxylamine groups is 2. The van der Waals surface area contributed by atoms with Gasteiger partial charge in [-0.2, -0.15) is 5.26 Å². The minimum Gasteiger partial charge on any atom is -0.506 e. The molecule has 2 aromatic carbocycles. The largest absolute Gasteiger partial charge is 0.506 e. The number of unbranched alkanes of at least 4 members (excludes halogenated alkanes) is 9. The number of hydrogen-bond donors (Lipinski definition) is 3. The van der Waals surface area contributed by atoms with Crippen molar-refractivity contribution < 1.29 is 23.5 Å². The third-order valence-corrected chi connectivity index (χ3v) is 7.48. The maximum atomic E-state index is 13.1. The van der Waals surface area contributed by atoms with Crippen LogP contribution in [0.15, 0.2) is 41.3 Å². The lowest BCUT2D eigenvalue weighted by molar-refractivity contribution is -0.0591. The molecule has 0 radical (unpaired) electrons. The summed E-state index contributed by atoms with van der Waals surface area (Å²) in [5.74, 6) is -1.02. The third-order valence-electron chi connectivity index (χ3n) is 6.04. The first-order valence-corrected chi connectivity index (χ1v) is 14.1. The number of rotatable bonds is 15. The number of nitriles is 1. The molecular weight excluding hydrogens is 478 g/mol. The Labute approximate surface area is 214 Å². The van der Waals surface area contributed by atoms with Crippen LogP contribution in [0, 0.1) is 18.3 Å². The Bertz CT molecular complexity index is 1160. The second kappa shape index (κ2) is 14.5. The molecule has 0 aromatic heterocycles. The van der Waals surface area contributed by atoms with Crippen LogP contribution in [0.1, 0.15) is 92.6 Å². The quantitative estimate of drug-likeness (QED) is 0.113. The van der Waals surface area contributed by atoms with E-state index in [0.717, 1.165) is 19.3 Å². The normalized spacial score (nSPS) is 11.2. The SMILES string of the molecule is CCCCCCCCCCCCN(O)C(=O)c1ccccc1S(=O)(=O)Nc1cc(C)c(O)c(C#N)c1. The molecule has 3 N–H and O–H groups in total. The molecule has 0 aliphatic carbocycles. The average molecular weight is 516 g/mol. The molecule has 0 atom stereocenters. The van der Waals surface area contributed by atoms with E-state index in [2.05, 4.69) is 11.6 Å². The Balaban J connectivity index is 1.97. The smallest absolute Gasteiger partial charge is 0.278 e. The van der Waals surface area contributed by atoms with E-state index in [1.54, 1.807) is 6.92 Å². The van der Waals surface area contributed by atoms with Gasteiger partial charge < -0.3 is 5.11 Å². The summed E-state index contributed by atoms with van der Waals surface area (Å²) in [6.07, 6.45) is 11.2. The number of benzene rings is 2. The van der Waals surface area contributed by atoms with E-state index in [1.807, 2.05) is 6.07 Å². The maximum absolute atomic E-state index is 13.1. The summed E-state index contributed by atoms with van der Waals surface area (Å²) in [6, 6.07) is 10.1. The highest BCUT2D eigenvalue weighted by Gasteiger charge is 2.25. The molecule has 0 heterocycles. The average Bonchev–Trinajstić information content (AvgIpc) is 2.86. The molecule has 2 aromatic rings. The van der Waals surface area contributed by atoms with Crippen LogP contribution in [-0.2, 0) is 10.0 Å². The molecule has 0 unspecified atom stereocenters. The minimum absolute atomic E-state index is 0.0740. The number of phenols is 1. The summed E-state index contributed by atoms with van der Waals surface area (Å²) in [6.45, 7) is 3.86. The van der Waals surface area contributed by atoms with Gasteiger partial charge in [-0.3, -0.25) is 14.7 Å². The zero-order chi connectivity index (χ0) is 26.6. The number of nitrogens with one attached hydrogen (secondary N) is 1. The molecule has 0 saturated heterocycles. The van der Waals surface area contributed by atoms with Crippen LogP contribution in [0.4, 0.5) is 5.69 Å². The Hall–Kier alpha value is -3.09. The number of carbonyl (C=O) groups is 1. The number of amides is 1. The fourth-order valence-corrected chi connectivity index (χ4v) is 5.24. The molecule has 36 heavy (non-hydrogen) atoms. The van der Waals surface area contributed by atoms with Crippen LogP contribution in [0.25, 0.3) is 0 Å². The predicted molar refractivity (Wildman–Crippen MR) is 139 cm³/mol. The molecule has 0 spiro atoms. The molecule has 0 aliphatic rings. The van der Waals surface area contributed by atoms with Crippen LogP contribution in [-0.4, -0.2) is 36.2 Å². The lowest BCUT2D eigenvalue weighted by atomic mass is 10.1. The van der Waals surface area contributed by atoms with E-state index in [0.29, 0.717) is 17.0 Å². The fourth-order valence-electron chi connectivity index (χ4n) is 4.00. The van der Waals surface area contributed by atoms with E-state index in [9.17, 15) is 23.5 Å². The zero-order valence-corrected chi connectivity index (χ0v) is 22.0. The number of anilines is 1. The van der Waals surface area contributed by atoms with Gasteiger partial charge in [-0.1, -0.05) is 76.8 Å². The number of aryl methyl sites for hydroxylation is 1. The first kappa shape index (κ1) is 29.1. The van der Waals surface area contributed by atoms with Crippen molar-refractivity contribution in [2.24, 2.45) is 0 Å². The van der Waals surface area contributed by atoms with E-state index in [4.69, 9.17) is 5.26 Å². The van der Waals surface area contributed by atoms with E-state index >= 15 is 0 Å². The summed E-state index contributed by atoms with van der Waals surface area (Å²) in [4.78, 5) is 12.6. The molecule has 2 rings (SSSR count). The summed E-state index contributed by atoms with van der Waals surface area (Å²) in [5.41, 5.74) is 0.176. The number of aromatic hydroxyl groups is 1. The summed E-state index contributed by atoms with van der Waals surface area (Å²) < 4.78 is 28.5. The van der Waals surface area contributed by atoms with Crippen molar-refractivity contribution in [3.8, 4) is 11.8 Å². The first-order chi connectivity index (χ1) is 17.2. The third kappa shape index (κ3) is 8.54. The number of sulfonamides is 1. The van der Waals surface area contributed by atoms with Crippen LogP contribution >= 0.6 is 0 Å². The molecule has 0 aliphatic heterocycles. The van der Waals surface area contributed by atoms with Gasteiger partial charge in [0.1, 0.15) is 16.7 Å². The minimum atomic E-state index is -4.22. The maximum Gasteiger partial charge on any atom is 0.278 e. The zero-order valence-electron chi connectivity index (χ0n) is 21.2. The Kier molecular flexibility index (Phi) is 11.7. The van der Waals surface area contributed by atoms with Crippen molar-refractivity contribution in [1.82, 2.24) is 5.06 Å². The predicted octanol–water partition coefficient (Wildman–Crippen LogP) is 6.13. The fraction of sp³-hybridized carbons (Fsp3) is 0.481. The van der Waals surface area contributed by atoms with Crippen molar-refractivity contribution in [2.45, 2.75) is 83.0 Å². The molecule has 8 nitrogen and oxygen atoms in total. The summed E-state index contributed by atoms with van der Waals surface area (Å²) in [5, 5.41) is 30.0. The van der Waals surface area contributed by atoms with Gasteiger partial charge in [0.15, 0.2) is 0 Å².